The molecule has 3 nitrogen and oxygen atoms in total. The molecule has 0 aliphatic carbocycles. The Morgan fingerprint density at radius 1 is 1.31 bits per heavy atom. The van der Waals surface area contributed by atoms with E-state index in [9.17, 15) is 4.79 Å². The third-order valence-corrected chi connectivity index (χ3v) is 2.06. The minimum absolute atomic E-state index is 0.181. The smallest absolute Gasteiger partial charge is 0.247 e. The predicted molar refractivity (Wildman–Crippen MR) is 67.0 cm³/mol. The Morgan fingerprint density at radius 3 is 2.31 bits per heavy atom. The van der Waals surface area contributed by atoms with Gasteiger partial charge >= 0.3 is 0 Å². The molecule has 0 saturated carbocycles. The van der Waals surface area contributed by atoms with E-state index < -0.39 is 0 Å². The number of benzene rings is 1. The summed E-state index contributed by atoms with van der Waals surface area (Å²) in [5.41, 5.74) is 2.05. The Hall–Kier alpha value is -1.61. The molecule has 1 amide bonds. The van der Waals surface area contributed by atoms with Gasteiger partial charge in [-0.05, 0) is 18.2 Å². The molecule has 1 rings (SSSR count). The highest BCUT2D eigenvalue weighted by Crippen LogP contribution is 2.12. The largest absolute Gasteiger partial charge is 0.327 e. The van der Waals surface area contributed by atoms with Gasteiger partial charge in [0.1, 0.15) is 6.54 Å². The summed E-state index contributed by atoms with van der Waals surface area (Å²) in [7, 11) is 6.44. The second-order valence-corrected chi connectivity index (χ2v) is 4.84. The Balaban J connectivity index is 2.68. The van der Waals surface area contributed by atoms with Gasteiger partial charge < -0.3 is 9.80 Å². The van der Waals surface area contributed by atoms with E-state index in [0.29, 0.717) is 0 Å². The van der Waals surface area contributed by atoms with Crippen LogP contribution in [0.2, 0.25) is 0 Å². The van der Waals surface area contributed by atoms with E-state index in [-0.39, 0.29) is 5.91 Å². The molecule has 1 aromatic rings. The van der Waals surface area contributed by atoms with Crippen LogP contribution in [0.5, 0.6) is 0 Å². The first kappa shape index (κ1) is 12.5. The molecule has 0 spiro atoms. The monoisotopic (exact) mass is 219 g/mol. The minimum Gasteiger partial charge on any atom is -0.327 e. The second kappa shape index (κ2) is 4.94. The van der Waals surface area contributed by atoms with Crippen molar-refractivity contribution in [3.63, 3.8) is 0 Å². The van der Waals surface area contributed by atoms with Crippen LogP contribution < -0.4 is 5.32 Å². The average molecular weight is 219 g/mol. The van der Waals surface area contributed by atoms with E-state index in [2.05, 4.69) is 33.0 Å². The van der Waals surface area contributed by atoms with Crippen LogP contribution in [-0.4, -0.2) is 31.5 Å². The molecular formula is C13H19N2O+. The van der Waals surface area contributed by atoms with Gasteiger partial charge in [-0.25, -0.2) is 0 Å². The summed E-state index contributed by atoms with van der Waals surface area (Å²) >= 11 is 0. The molecule has 0 bridgehead atoms. The molecule has 1 aromatic carbocycles. The molecule has 16 heavy (non-hydrogen) atoms. The topological polar surface area (TPSA) is 29.1 Å². The first-order valence-corrected chi connectivity index (χ1v) is 5.23. The summed E-state index contributed by atoms with van der Waals surface area (Å²) in [5, 5.41) is 2.72. The van der Waals surface area contributed by atoms with Gasteiger partial charge in [0.25, 0.3) is 0 Å². The number of nitrogens with one attached hydrogen (secondary N) is 1. The van der Waals surface area contributed by atoms with Crippen molar-refractivity contribution in [2.75, 3.05) is 26.5 Å². The summed E-state index contributed by atoms with van der Waals surface area (Å²) in [4.78, 5) is 11.1. The zero-order valence-corrected chi connectivity index (χ0v) is 10.2. The van der Waals surface area contributed by atoms with E-state index in [1.807, 2.05) is 24.3 Å². The zero-order valence-electron chi connectivity index (χ0n) is 10.2. The lowest BCUT2D eigenvalue weighted by Gasteiger charge is -2.23. The Bertz CT molecular complexity index is 374. The zero-order chi connectivity index (χ0) is 12.2. The van der Waals surface area contributed by atoms with Crippen LogP contribution in [0.25, 0.3) is 0 Å². The predicted octanol–water partition coefficient (Wildman–Crippen LogP) is 2.02. The first-order valence-electron chi connectivity index (χ1n) is 5.23. The number of amides is 1. The molecule has 1 N–H and O–H groups in total. The highest BCUT2D eigenvalue weighted by atomic mass is 16.1. The molecule has 0 aliphatic rings. The van der Waals surface area contributed by atoms with Crippen molar-refractivity contribution in [3.8, 4) is 0 Å². The molecule has 0 unspecified atom stereocenters. The van der Waals surface area contributed by atoms with E-state index in [1.54, 1.807) is 0 Å². The van der Waals surface area contributed by atoms with Crippen LogP contribution in [0.15, 0.2) is 36.9 Å². The fourth-order valence-electron chi connectivity index (χ4n) is 1.43. The number of anilines is 1. The minimum atomic E-state index is -0.181. The maximum atomic E-state index is 11.1. The van der Waals surface area contributed by atoms with Crippen LogP contribution in [0, 0.1) is 0 Å². The number of carbonyl (C=O) groups excluding carboxylic acids is 1. The maximum Gasteiger partial charge on any atom is 0.247 e. The van der Waals surface area contributed by atoms with Crippen LogP contribution in [-0.2, 0) is 11.3 Å². The van der Waals surface area contributed by atoms with Gasteiger partial charge in [-0.3, -0.25) is 4.79 Å². The van der Waals surface area contributed by atoms with E-state index >= 15 is 0 Å². The Labute approximate surface area is 97.0 Å². The number of nitrogens with zero attached hydrogens (tertiary/aromatic N) is 1. The van der Waals surface area contributed by atoms with E-state index in [0.717, 1.165) is 16.7 Å². The van der Waals surface area contributed by atoms with Gasteiger partial charge in [-0.2, -0.15) is 0 Å². The molecule has 0 saturated heterocycles. The number of carbonyl (C=O) groups is 1. The standard InChI is InChI=1S/C13H18N2O/c1-5-13(16)14-12-8-6-11(7-9-12)10-15(2,3)4/h5-9H,1,10H2,2-4H3/p+1. The molecule has 0 radical (unpaired) electrons. The molecular weight excluding hydrogens is 200 g/mol. The van der Waals surface area contributed by atoms with Crippen LogP contribution in [0.4, 0.5) is 5.69 Å². The van der Waals surface area contributed by atoms with Crippen molar-refractivity contribution >= 4 is 11.6 Å². The van der Waals surface area contributed by atoms with Crippen molar-refractivity contribution in [2.24, 2.45) is 0 Å². The van der Waals surface area contributed by atoms with E-state index in [4.69, 9.17) is 0 Å². The molecule has 0 aromatic heterocycles. The Kier molecular flexibility index (Phi) is 3.85. The van der Waals surface area contributed by atoms with Crippen LogP contribution in [0.1, 0.15) is 5.56 Å². The van der Waals surface area contributed by atoms with Crippen molar-refractivity contribution in [2.45, 2.75) is 6.54 Å². The summed E-state index contributed by atoms with van der Waals surface area (Å²) < 4.78 is 0.887. The third kappa shape index (κ3) is 4.28. The molecule has 3 heteroatoms. The SMILES string of the molecule is C=CC(=O)Nc1ccc(C[N+](C)(C)C)cc1. The van der Waals surface area contributed by atoms with Crippen molar-refractivity contribution in [1.82, 2.24) is 0 Å². The fraction of sp³-hybridized carbons (Fsp3) is 0.308. The average Bonchev–Trinajstić information content (AvgIpc) is 2.18. The molecule has 0 atom stereocenters. The second-order valence-electron chi connectivity index (χ2n) is 4.84. The number of quaternary nitrogens is 1. The highest BCUT2D eigenvalue weighted by molar-refractivity contribution is 5.98. The van der Waals surface area contributed by atoms with Crippen molar-refractivity contribution in [3.05, 3.63) is 42.5 Å². The van der Waals surface area contributed by atoms with Crippen molar-refractivity contribution in [1.29, 1.82) is 0 Å². The van der Waals surface area contributed by atoms with Gasteiger partial charge in [0, 0.05) is 11.3 Å². The molecule has 86 valence electrons. The fourth-order valence-corrected chi connectivity index (χ4v) is 1.43. The van der Waals surface area contributed by atoms with Gasteiger partial charge in [0.2, 0.25) is 5.91 Å². The quantitative estimate of drug-likeness (QED) is 0.609. The van der Waals surface area contributed by atoms with Crippen molar-refractivity contribution < 1.29 is 9.28 Å². The Morgan fingerprint density at radius 2 is 1.88 bits per heavy atom. The normalized spacial score (nSPS) is 10.9. The van der Waals surface area contributed by atoms with Gasteiger partial charge in [-0.15, -0.1) is 0 Å². The molecule has 0 aliphatic heterocycles. The lowest BCUT2D eigenvalue weighted by atomic mass is 10.2. The maximum absolute atomic E-state index is 11.1. The van der Waals surface area contributed by atoms with Gasteiger partial charge in [0.15, 0.2) is 0 Å². The summed E-state index contributed by atoms with van der Waals surface area (Å²) in [6.07, 6.45) is 1.26. The lowest BCUT2D eigenvalue weighted by molar-refractivity contribution is -0.884. The number of hydrogen-bond acceptors (Lipinski definition) is 1. The van der Waals surface area contributed by atoms with E-state index in [1.165, 1.54) is 11.6 Å². The van der Waals surface area contributed by atoms with Crippen LogP contribution in [0.3, 0.4) is 0 Å². The number of rotatable bonds is 4. The summed E-state index contributed by atoms with van der Waals surface area (Å²) in [5.74, 6) is -0.181. The summed E-state index contributed by atoms with van der Waals surface area (Å²) in [6.45, 7) is 4.38. The number of hydrogen-bond donors (Lipinski definition) is 1. The van der Waals surface area contributed by atoms with Crippen LogP contribution >= 0.6 is 0 Å². The van der Waals surface area contributed by atoms with Gasteiger partial charge in [0.05, 0.1) is 21.1 Å². The third-order valence-electron chi connectivity index (χ3n) is 2.06. The highest BCUT2D eigenvalue weighted by Gasteiger charge is 2.08. The van der Waals surface area contributed by atoms with Gasteiger partial charge in [-0.1, -0.05) is 18.7 Å². The molecule has 0 fully saturated rings. The summed E-state index contributed by atoms with van der Waals surface area (Å²) in [6, 6.07) is 7.88. The first-order chi connectivity index (χ1) is 7.40. The lowest BCUT2D eigenvalue weighted by Crippen LogP contribution is -2.33. The molecule has 0 heterocycles.